The fourth-order valence-corrected chi connectivity index (χ4v) is 3.56. The first kappa shape index (κ1) is 22.2. The molecule has 1 atom stereocenters. The van der Waals surface area contributed by atoms with E-state index >= 15 is 0 Å². The molecule has 1 saturated heterocycles. The number of piperidine rings is 1. The van der Waals surface area contributed by atoms with Crippen molar-refractivity contribution in [2.45, 2.75) is 38.4 Å². The lowest BCUT2D eigenvalue weighted by Gasteiger charge is -2.22. The SMILES string of the molecule is Cl.Cl.O=C(NCc1cccc(Cn2cnc3ccccc32)c1)[C@H]1CCCCN1. The number of hydrogen-bond donors (Lipinski definition) is 2. The molecular formula is C21H26Cl2N4O. The molecule has 3 aromatic rings. The maximum absolute atomic E-state index is 12.3. The second kappa shape index (κ2) is 10.5. The number of nitrogens with one attached hydrogen (secondary N) is 2. The van der Waals surface area contributed by atoms with Gasteiger partial charge in [0.25, 0.3) is 0 Å². The molecule has 0 unspecified atom stereocenters. The van der Waals surface area contributed by atoms with Crippen LogP contribution in [0.15, 0.2) is 54.9 Å². The number of benzene rings is 2. The van der Waals surface area contributed by atoms with Gasteiger partial charge in [0.15, 0.2) is 0 Å². The predicted molar refractivity (Wildman–Crippen MR) is 117 cm³/mol. The van der Waals surface area contributed by atoms with Crippen LogP contribution in [0, 0.1) is 0 Å². The van der Waals surface area contributed by atoms with Crippen molar-refractivity contribution in [3.63, 3.8) is 0 Å². The average molecular weight is 421 g/mol. The van der Waals surface area contributed by atoms with E-state index < -0.39 is 0 Å². The molecule has 150 valence electrons. The molecule has 7 heteroatoms. The molecule has 0 aliphatic carbocycles. The summed E-state index contributed by atoms with van der Waals surface area (Å²) in [5.41, 5.74) is 4.47. The number of aromatic nitrogens is 2. The third-order valence-electron chi connectivity index (χ3n) is 4.97. The van der Waals surface area contributed by atoms with Crippen LogP contribution in [0.1, 0.15) is 30.4 Å². The lowest BCUT2D eigenvalue weighted by molar-refractivity contribution is -0.123. The second-order valence-corrected chi connectivity index (χ2v) is 6.90. The second-order valence-electron chi connectivity index (χ2n) is 6.90. The van der Waals surface area contributed by atoms with Gasteiger partial charge in [-0.2, -0.15) is 0 Å². The molecule has 2 heterocycles. The summed E-state index contributed by atoms with van der Waals surface area (Å²) in [6.07, 6.45) is 5.10. The Bertz CT molecular complexity index is 906. The van der Waals surface area contributed by atoms with Gasteiger partial charge in [0.05, 0.1) is 23.4 Å². The van der Waals surface area contributed by atoms with Gasteiger partial charge >= 0.3 is 0 Å². The summed E-state index contributed by atoms with van der Waals surface area (Å²) in [4.78, 5) is 16.7. The average Bonchev–Trinajstić information content (AvgIpc) is 3.10. The van der Waals surface area contributed by atoms with Crippen LogP contribution in [0.5, 0.6) is 0 Å². The van der Waals surface area contributed by atoms with Crippen molar-refractivity contribution in [3.8, 4) is 0 Å². The van der Waals surface area contributed by atoms with Gasteiger partial charge in [0, 0.05) is 13.1 Å². The van der Waals surface area contributed by atoms with Crippen LogP contribution in [0.3, 0.4) is 0 Å². The van der Waals surface area contributed by atoms with Crippen molar-refractivity contribution in [3.05, 3.63) is 66.0 Å². The van der Waals surface area contributed by atoms with Gasteiger partial charge in [-0.15, -0.1) is 24.8 Å². The number of fused-ring (bicyclic) bond motifs is 1. The van der Waals surface area contributed by atoms with Crippen LogP contribution < -0.4 is 10.6 Å². The number of hydrogen-bond acceptors (Lipinski definition) is 3. The molecule has 1 fully saturated rings. The summed E-state index contributed by atoms with van der Waals surface area (Å²) in [5.74, 6) is 0.107. The van der Waals surface area contributed by atoms with E-state index in [1.807, 2.05) is 24.5 Å². The molecule has 2 aromatic carbocycles. The van der Waals surface area contributed by atoms with E-state index in [-0.39, 0.29) is 36.8 Å². The Kier molecular flexibility index (Phi) is 8.30. The van der Waals surface area contributed by atoms with Crippen molar-refractivity contribution in [2.24, 2.45) is 0 Å². The number of nitrogens with zero attached hydrogens (tertiary/aromatic N) is 2. The highest BCUT2D eigenvalue weighted by atomic mass is 35.5. The third-order valence-corrected chi connectivity index (χ3v) is 4.97. The van der Waals surface area contributed by atoms with E-state index in [1.165, 1.54) is 5.56 Å². The van der Waals surface area contributed by atoms with Crippen molar-refractivity contribution in [1.29, 1.82) is 0 Å². The summed E-state index contributed by atoms with van der Waals surface area (Å²) in [6, 6.07) is 16.5. The van der Waals surface area contributed by atoms with Gasteiger partial charge in [0.2, 0.25) is 5.91 Å². The van der Waals surface area contributed by atoms with Gasteiger partial charge in [-0.25, -0.2) is 4.98 Å². The van der Waals surface area contributed by atoms with Crippen LogP contribution in [-0.2, 0) is 17.9 Å². The standard InChI is InChI=1S/C21H24N4O.2ClH/c26-21(19-9-3-4-11-22-19)23-13-16-6-5-7-17(12-16)14-25-15-24-18-8-1-2-10-20(18)25;;/h1-2,5-8,10,12,15,19,22H,3-4,9,11,13-14H2,(H,23,26);2*1H/t19-;;/m1../s1. The Morgan fingerprint density at radius 1 is 1.11 bits per heavy atom. The molecule has 5 nitrogen and oxygen atoms in total. The third kappa shape index (κ3) is 5.25. The minimum absolute atomic E-state index is 0. The number of carbonyl (C=O) groups is 1. The van der Waals surface area contributed by atoms with Gasteiger partial charge in [0.1, 0.15) is 0 Å². The van der Waals surface area contributed by atoms with E-state index in [0.717, 1.165) is 48.9 Å². The Labute approximate surface area is 177 Å². The van der Waals surface area contributed by atoms with Crippen LogP contribution in [-0.4, -0.2) is 28.0 Å². The Balaban J connectivity index is 0.00000140. The Morgan fingerprint density at radius 2 is 1.93 bits per heavy atom. The van der Waals surface area contributed by atoms with E-state index in [9.17, 15) is 4.79 Å². The summed E-state index contributed by atoms with van der Waals surface area (Å²) < 4.78 is 2.15. The van der Waals surface area contributed by atoms with Crippen molar-refractivity contribution >= 4 is 41.8 Å². The molecule has 1 aliphatic heterocycles. The largest absolute Gasteiger partial charge is 0.351 e. The molecule has 28 heavy (non-hydrogen) atoms. The Morgan fingerprint density at radius 3 is 2.75 bits per heavy atom. The molecule has 4 rings (SSSR count). The fourth-order valence-electron chi connectivity index (χ4n) is 3.56. The van der Waals surface area contributed by atoms with Crippen LogP contribution in [0.4, 0.5) is 0 Å². The predicted octanol–water partition coefficient (Wildman–Crippen LogP) is 3.69. The maximum atomic E-state index is 12.3. The van der Waals surface area contributed by atoms with E-state index in [4.69, 9.17) is 0 Å². The highest BCUT2D eigenvalue weighted by molar-refractivity contribution is 5.85. The normalized spacial score (nSPS) is 16.1. The quantitative estimate of drug-likeness (QED) is 0.661. The van der Waals surface area contributed by atoms with Gasteiger partial charge in [-0.1, -0.05) is 42.8 Å². The first-order valence-corrected chi connectivity index (χ1v) is 9.28. The summed E-state index contributed by atoms with van der Waals surface area (Å²) in [7, 11) is 0. The maximum Gasteiger partial charge on any atom is 0.237 e. The van der Waals surface area contributed by atoms with Crippen LogP contribution in [0.2, 0.25) is 0 Å². The molecule has 1 aromatic heterocycles. The van der Waals surface area contributed by atoms with E-state index in [1.54, 1.807) is 0 Å². The highest BCUT2D eigenvalue weighted by Gasteiger charge is 2.19. The van der Waals surface area contributed by atoms with Crippen LogP contribution >= 0.6 is 24.8 Å². The monoisotopic (exact) mass is 420 g/mol. The molecule has 0 saturated carbocycles. The summed E-state index contributed by atoms with van der Waals surface area (Å²) in [5, 5.41) is 6.35. The minimum atomic E-state index is -0.0377. The first-order valence-electron chi connectivity index (χ1n) is 9.28. The van der Waals surface area contributed by atoms with Crippen molar-refractivity contribution < 1.29 is 4.79 Å². The minimum Gasteiger partial charge on any atom is -0.351 e. The number of halogens is 2. The smallest absolute Gasteiger partial charge is 0.237 e. The molecular weight excluding hydrogens is 395 g/mol. The first-order chi connectivity index (χ1) is 12.8. The molecule has 1 aliphatic rings. The number of carbonyl (C=O) groups excluding carboxylic acids is 1. The molecule has 0 spiro atoms. The zero-order chi connectivity index (χ0) is 17.8. The molecule has 2 N–H and O–H groups in total. The number of imidazole rings is 1. The van der Waals surface area contributed by atoms with Gasteiger partial charge in [-0.3, -0.25) is 4.79 Å². The van der Waals surface area contributed by atoms with E-state index in [0.29, 0.717) is 6.54 Å². The molecule has 1 amide bonds. The van der Waals surface area contributed by atoms with Crippen molar-refractivity contribution in [2.75, 3.05) is 6.54 Å². The zero-order valence-electron chi connectivity index (χ0n) is 15.6. The topological polar surface area (TPSA) is 59.0 Å². The fraction of sp³-hybridized carbons (Fsp3) is 0.333. The van der Waals surface area contributed by atoms with Gasteiger partial charge < -0.3 is 15.2 Å². The summed E-state index contributed by atoms with van der Waals surface area (Å²) in [6.45, 7) is 2.27. The molecule has 0 bridgehead atoms. The van der Waals surface area contributed by atoms with Crippen molar-refractivity contribution in [1.82, 2.24) is 20.2 Å². The number of rotatable bonds is 5. The zero-order valence-corrected chi connectivity index (χ0v) is 17.3. The van der Waals surface area contributed by atoms with E-state index in [2.05, 4.69) is 50.5 Å². The summed E-state index contributed by atoms with van der Waals surface area (Å²) >= 11 is 0. The highest BCUT2D eigenvalue weighted by Crippen LogP contribution is 2.15. The lowest BCUT2D eigenvalue weighted by atomic mass is 10.0. The number of para-hydroxylation sites is 2. The van der Waals surface area contributed by atoms with Crippen LogP contribution in [0.25, 0.3) is 11.0 Å². The molecule has 0 radical (unpaired) electrons. The van der Waals surface area contributed by atoms with Gasteiger partial charge in [-0.05, 0) is 42.6 Å². The lowest BCUT2D eigenvalue weighted by Crippen LogP contribution is -2.46. The Hall–Kier alpha value is -2.08. The number of amides is 1.